The van der Waals surface area contributed by atoms with Crippen LogP contribution in [0.15, 0.2) is 42.9 Å². The Morgan fingerprint density at radius 2 is 1.88 bits per heavy atom. The first-order chi connectivity index (χ1) is 12.4. The van der Waals surface area contributed by atoms with Crippen LogP contribution in [0, 0.1) is 0 Å². The molecule has 3 amide bonds. The SMILES string of the molecule is O=C(Nc1ccn(S(=O)(=O)CCN2C(=O)CCC2=O)c1)c1ccccn1. The minimum absolute atomic E-state index is 0.117. The van der Waals surface area contributed by atoms with Gasteiger partial charge in [-0.1, -0.05) is 6.07 Å². The predicted molar refractivity (Wildman–Crippen MR) is 91.8 cm³/mol. The molecule has 1 fully saturated rings. The number of aromatic nitrogens is 2. The molecule has 0 bridgehead atoms. The van der Waals surface area contributed by atoms with E-state index in [-0.39, 0.29) is 42.6 Å². The zero-order chi connectivity index (χ0) is 18.7. The van der Waals surface area contributed by atoms with Crippen LogP contribution in [0.2, 0.25) is 0 Å². The van der Waals surface area contributed by atoms with Gasteiger partial charge in [0, 0.05) is 38.0 Å². The number of carbonyl (C=O) groups is 3. The van der Waals surface area contributed by atoms with Gasteiger partial charge in [-0.2, -0.15) is 0 Å². The molecule has 3 heterocycles. The first kappa shape index (κ1) is 17.8. The highest BCUT2D eigenvalue weighted by Crippen LogP contribution is 2.14. The fourth-order valence-electron chi connectivity index (χ4n) is 2.50. The second-order valence-electron chi connectivity index (χ2n) is 5.65. The molecule has 0 aromatic carbocycles. The average Bonchev–Trinajstić information content (AvgIpc) is 3.22. The van der Waals surface area contributed by atoms with Crippen molar-refractivity contribution in [1.82, 2.24) is 13.9 Å². The van der Waals surface area contributed by atoms with Crippen LogP contribution in [-0.4, -0.2) is 52.3 Å². The molecular weight excluding hydrogens is 360 g/mol. The number of pyridine rings is 1. The molecule has 0 spiro atoms. The van der Waals surface area contributed by atoms with Crippen LogP contribution in [0.3, 0.4) is 0 Å². The van der Waals surface area contributed by atoms with Gasteiger partial charge < -0.3 is 5.32 Å². The van der Waals surface area contributed by atoms with Crippen LogP contribution in [-0.2, 0) is 19.6 Å². The van der Waals surface area contributed by atoms with Crippen molar-refractivity contribution in [1.29, 1.82) is 0 Å². The topological polar surface area (TPSA) is 118 Å². The Morgan fingerprint density at radius 1 is 1.15 bits per heavy atom. The van der Waals surface area contributed by atoms with Crippen molar-refractivity contribution in [3.8, 4) is 0 Å². The molecule has 2 aromatic rings. The van der Waals surface area contributed by atoms with E-state index in [9.17, 15) is 22.8 Å². The molecular formula is C16H16N4O5S. The van der Waals surface area contributed by atoms with Crippen LogP contribution in [0.5, 0.6) is 0 Å². The maximum atomic E-state index is 12.4. The summed E-state index contributed by atoms with van der Waals surface area (Å²) < 4.78 is 25.7. The maximum absolute atomic E-state index is 12.4. The van der Waals surface area contributed by atoms with E-state index in [1.807, 2.05) is 0 Å². The number of hydrogen-bond donors (Lipinski definition) is 1. The van der Waals surface area contributed by atoms with Crippen molar-refractivity contribution >= 4 is 33.4 Å². The highest BCUT2D eigenvalue weighted by Gasteiger charge is 2.30. The number of amides is 3. The summed E-state index contributed by atoms with van der Waals surface area (Å²) in [6, 6.07) is 6.31. The Labute approximate surface area is 149 Å². The Balaban J connectivity index is 1.65. The van der Waals surface area contributed by atoms with Crippen molar-refractivity contribution < 1.29 is 22.8 Å². The number of carbonyl (C=O) groups excluding carboxylic acids is 3. The number of nitrogens with one attached hydrogen (secondary N) is 1. The van der Waals surface area contributed by atoms with E-state index in [4.69, 9.17) is 0 Å². The van der Waals surface area contributed by atoms with Gasteiger partial charge in [0.15, 0.2) is 0 Å². The minimum atomic E-state index is -3.77. The van der Waals surface area contributed by atoms with Crippen LogP contribution in [0.1, 0.15) is 23.3 Å². The molecule has 10 heteroatoms. The number of hydrogen-bond acceptors (Lipinski definition) is 6. The number of anilines is 1. The highest BCUT2D eigenvalue weighted by molar-refractivity contribution is 7.89. The third-order valence-corrected chi connectivity index (χ3v) is 5.44. The fraction of sp³-hybridized carbons (Fsp3) is 0.250. The fourth-order valence-corrected chi connectivity index (χ4v) is 3.64. The van der Waals surface area contributed by atoms with Crippen molar-refractivity contribution in [3.63, 3.8) is 0 Å². The highest BCUT2D eigenvalue weighted by atomic mass is 32.2. The number of likely N-dealkylation sites (tertiary alicyclic amines) is 1. The first-order valence-electron chi connectivity index (χ1n) is 7.84. The van der Waals surface area contributed by atoms with Crippen molar-refractivity contribution in [2.45, 2.75) is 12.8 Å². The molecule has 1 N–H and O–H groups in total. The third kappa shape index (κ3) is 3.80. The number of nitrogens with zero attached hydrogens (tertiary/aromatic N) is 3. The first-order valence-corrected chi connectivity index (χ1v) is 9.44. The minimum Gasteiger partial charge on any atom is -0.319 e. The molecule has 3 rings (SSSR count). The van der Waals surface area contributed by atoms with E-state index in [0.717, 1.165) is 8.87 Å². The van der Waals surface area contributed by atoms with E-state index in [2.05, 4.69) is 10.3 Å². The average molecular weight is 376 g/mol. The summed E-state index contributed by atoms with van der Waals surface area (Å²) >= 11 is 0. The van der Waals surface area contributed by atoms with Crippen LogP contribution < -0.4 is 5.32 Å². The molecule has 0 saturated carbocycles. The summed E-state index contributed by atoms with van der Waals surface area (Å²) in [7, 11) is -3.77. The Morgan fingerprint density at radius 3 is 2.54 bits per heavy atom. The monoisotopic (exact) mass is 376 g/mol. The Hall–Kier alpha value is -3.01. The van der Waals surface area contributed by atoms with Crippen molar-refractivity contribution in [2.24, 2.45) is 0 Å². The lowest BCUT2D eigenvalue weighted by Gasteiger charge is -2.13. The quantitative estimate of drug-likeness (QED) is 0.732. The zero-order valence-electron chi connectivity index (χ0n) is 13.7. The third-order valence-electron chi connectivity index (χ3n) is 3.87. The van der Waals surface area contributed by atoms with E-state index >= 15 is 0 Å². The summed E-state index contributed by atoms with van der Waals surface area (Å²) in [6.07, 6.45) is 4.25. The maximum Gasteiger partial charge on any atom is 0.274 e. The lowest BCUT2D eigenvalue weighted by atomic mass is 10.3. The lowest BCUT2D eigenvalue weighted by molar-refractivity contribution is -0.137. The predicted octanol–water partition coefficient (Wildman–Crippen LogP) is 0.462. The normalized spacial score (nSPS) is 14.7. The van der Waals surface area contributed by atoms with Gasteiger partial charge in [0.05, 0.1) is 11.4 Å². The van der Waals surface area contributed by atoms with E-state index in [1.54, 1.807) is 12.1 Å². The summed E-state index contributed by atoms with van der Waals surface area (Å²) in [6.45, 7) is -0.187. The van der Waals surface area contributed by atoms with Gasteiger partial charge in [-0.05, 0) is 18.2 Å². The number of rotatable bonds is 6. The molecule has 136 valence electrons. The van der Waals surface area contributed by atoms with E-state index in [1.165, 1.54) is 30.7 Å². The second kappa shape index (κ2) is 7.08. The molecule has 9 nitrogen and oxygen atoms in total. The van der Waals surface area contributed by atoms with E-state index in [0.29, 0.717) is 0 Å². The summed E-state index contributed by atoms with van der Waals surface area (Å²) in [4.78, 5) is 40.0. The molecule has 0 radical (unpaired) electrons. The molecule has 0 atom stereocenters. The molecule has 0 aliphatic carbocycles. The molecule has 0 unspecified atom stereocenters. The summed E-state index contributed by atoms with van der Waals surface area (Å²) in [5, 5.41) is 2.56. The standard InChI is InChI=1S/C16H16N4O5S/c21-14-4-5-15(22)20(14)9-10-26(24,25)19-8-6-12(11-19)18-16(23)13-3-1-2-7-17-13/h1-3,6-8,11H,4-5,9-10H2,(H,18,23). The molecule has 1 saturated heterocycles. The van der Waals surface area contributed by atoms with Crippen molar-refractivity contribution in [3.05, 3.63) is 48.5 Å². The van der Waals surface area contributed by atoms with Crippen molar-refractivity contribution in [2.75, 3.05) is 17.6 Å². The summed E-state index contributed by atoms with van der Waals surface area (Å²) in [5.74, 6) is -1.58. The van der Waals surface area contributed by atoms with Crippen LogP contribution >= 0.6 is 0 Å². The van der Waals surface area contributed by atoms with Gasteiger partial charge in [0.2, 0.25) is 21.8 Å². The molecule has 1 aliphatic rings. The lowest BCUT2D eigenvalue weighted by Crippen LogP contribution is -2.34. The van der Waals surface area contributed by atoms with E-state index < -0.39 is 21.7 Å². The Bertz CT molecular complexity index is 936. The molecule has 2 aromatic heterocycles. The van der Waals surface area contributed by atoms with Gasteiger partial charge in [-0.15, -0.1) is 0 Å². The van der Waals surface area contributed by atoms with Gasteiger partial charge in [0.1, 0.15) is 5.69 Å². The largest absolute Gasteiger partial charge is 0.319 e. The van der Waals surface area contributed by atoms with Gasteiger partial charge in [-0.25, -0.2) is 8.42 Å². The van der Waals surface area contributed by atoms with Gasteiger partial charge >= 0.3 is 0 Å². The van der Waals surface area contributed by atoms with Crippen LogP contribution in [0.25, 0.3) is 0 Å². The summed E-state index contributed by atoms with van der Waals surface area (Å²) in [5.41, 5.74) is 0.492. The molecule has 26 heavy (non-hydrogen) atoms. The smallest absolute Gasteiger partial charge is 0.274 e. The van der Waals surface area contributed by atoms with Crippen LogP contribution in [0.4, 0.5) is 5.69 Å². The Kier molecular flexibility index (Phi) is 4.85. The van der Waals surface area contributed by atoms with Gasteiger partial charge in [-0.3, -0.25) is 28.2 Å². The second-order valence-corrected chi connectivity index (χ2v) is 7.65. The molecule has 1 aliphatic heterocycles. The van der Waals surface area contributed by atoms with Gasteiger partial charge in [0.25, 0.3) is 5.91 Å². The number of imide groups is 1. The zero-order valence-corrected chi connectivity index (χ0v) is 14.5.